The topological polar surface area (TPSA) is 61.8 Å². The first-order valence-corrected chi connectivity index (χ1v) is 7.32. The Hall–Kier alpha value is -2.95. The summed E-state index contributed by atoms with van der Waals surface area (Å²) in [6, 6.07) is 9.46. The van der Waals surface area contributed by atoms with Crippen LogP contribution in [0.1, 0.15) is 12.8 Å². The van der Waals surface area contributed by atoms with Crippen molar-refractivity contribution in [3.63, 3.8) is 0 Å². The Labute approximate surface area is 135 Å². The van der Waals surface area contributed by atoms with Crippen LogP contribution in [0.15, 0.2) is 71.3 Å². The van der Waals surface area contributed by atoms with E-state index < -0.39 is 0 Å². The molecule has 1 aromatic carbocycles. The first kappa shape index (κ1) is 16.4. The fourth-order valence-electron chi connectivity index (χ4n) is 2.05. The average molecular weight is 309 g/mol. The van der Waals surface area contributed by atoms with Gasteiger partial charge in [-0.2, -0.15) is 0 Å². The zero-order valence-corrected chi connectivity index (χ0v) is 13.0. The third-order valence-electron chi connectivity index (χ3n) is 3.27. The molecule has 0 aromatic heterocycles. The number of hydrogen-bond donors (Lipinski definition) is 1. The van der Waals surface area contributed by atoms with Crippen molar-refractivity contribution >= 4 is 23.7 Å². The Bertz CT molecular complexity index is 673. The molecule has 3 rings (SSSR count). The molecule has 0 bridgehead atoms. The van der Waals surface area contributed by atoms with Crippen molar-refractivity contribution in [2.75, 3.05) is 12.1 Å². The summed E-state index contributed by atoms with van der Waals surface area (Å²) in [5, 5.41) is 1.52. The summed E-state index contributed by atoms with van der Waals surface area (Å²) in [6.45, 7) is 0. The predicted molar refractivity (Wildman–Crippen MR) is 92.1 cm³/mol. The van der Waals surface area contributed by atoms with Crippen LogP contribution in [0.2, 0.25) is 0 Å². The summed E-state index contributed by atoms with van der Waals surface area (Å²) in [4.78, 5) is 25.7. The van der Waals surface area contributed by atoms with E-state index in [4.69, 9.17) is 0 Å². The number of nitrogens with one attached hydrogen (secondary N) is 1. The number of carbonyl (C=O) groups excluding carboxylic acids is 2. The van der Waals surface area contributed by atoms with Crippen LogP contribution in [-0.2, 0) is 9.59 Å². The number of para-hydroxylation sites is 1. The molecule has 1 aromatic rings. The normalized spacial score (nSPS) is 18.0. The molecule has 1 amide bonds. The lowest BCUT2D eigenvalue weighted by atomic mass is 10.2. The van der Waals surface area contributed by atoms with E-state index in [0.717, 1.165) is 24.0 Å². The molecule has 1 saturated heterocycles. The van der Waals surface area contributed by atoms with Gasteiger partial charge in [0.25, 0.3) is 5.91 Å². The van der Waals surface area contributed by atoms with Gasteiger partial charge in [-0.05, 0) is 24.1 Å². The van der Waals surface area contributed by atoms with E-state index in [0.29, 0.717) is 12.3 Å². The highest BCUT2D eigenvalue weighted by Crippen LogP contribution is 2.15. The molecule has 0 spiro atoms. The fraction of sp³-hybridized carbons (Fsp3) is 0.167. The molecule has 1 aliphatic heterocycles. The quantitative estimate of drug-likeness (QED) is 0.854. The smallest absolute Gasteiger partial charge is 0.253 e. The van der Waals surface area contributed by atoms with E-state index in [9.17, 15) is 9.59 Å². The molecule has 0 unspecified atom stereocenters. The standard InChI is InChI=1S/C10H11N3O.C8H8O/c1-11-9-7-10(14)13(12-9)8-5-3-2-4-6-8;9-7-8-5-3-1-2-4-6-8/h2-6H,7H2,1H3,(H,11,12);1-5,7H,6H2. The number of carbonyl (C=O) groups is 2. The van der Waals surface area contributed by atoms with Crippen LogP contribution in [0.4, 0.5) is 5.69 Å². The third-order valence-corrected chi connectivity index (χ3v) is 3.27. The molecule has 23 heavy (non-hydrogen) atoms. The Balaban J connectivity index is 0.000000185. The molecule has 5 heteroatoms. The van der Waals surface area contributed by atoms with Gasteiger partial charge < -0.3 is 0 Å². The van der Waals surface area contributed by atoms with Gasteiger partial charge in [0.1, 0.15) is 12.1 Å². The number of benzene rings is 1. The lowest BCUT2D eigenvalue weighted by Crippen LogP contribution is -2.35. The van der Waals surface area contributed by atoms with E-state index in [2.05, 4.69) is 10.4 Å². The van der Waals surface area contributed by atoms with Crippen LogP contribution in [0.5, 0.6) is 0 Å². The van der Waals surface area contributed by atoms with Gasteiger partial charge >= 0.3 is 0 Å². The van der Waals surface area contributed by atoms with Crippen molar-refractivity contribution in [3.05, 3.63) is 66.3 Å². The highest BCUT2D eigenvalue weighted by Gasteiger charge is 2.25. The minimum absolute atomic E-state index is 0.0248. The highest BCUT2D eigenvalue weighted by atomic mass is 16.2. The van der Waals surface area contributed by atoms with Crippen molar-refractivity contribution in [2.24, 2.45) is 4.99 Å². The molecular weight excluding hydrogens is 290 g/mol. The zero-order chi connectivity index (χ0) is 16.5. The van der Waals surface area contributed by atoms with Crippen molar-refractivity contribution in [2.45, 2.75) is 12.8 Å². The summed E-state index contributed by atoms with van der Waals surface area (Å²) >= 11 is 0. The Morgan fingerprint density at radius 3 is 2.61 bits per heavy atom. The number of rotatable bonds is 2. The molecule has 1 N–H and O–H groups in total. The summed E-state index contributed by atoms with van der Waals surface area (Å²) in [5.41, 5.74) is 4.62. The Morgan fingerprint density at radius 2 is 1.96 bits per heavy atom. The average Bonchev–Trinajstić information content (AvgIpc) is 2.80. The van der Waals surface area contributed by atoms with Gasteiger partial charge in [-0.15, -0.1) is 0 Å². The number of anilines is 1. The van der Waals surface area contributed by atoms with Gasteiger partial charge in [0.2, 0.25) is 0 Å². The molecule has 2 aliphatic rings. The lowest BCUT2D eigenvalue weighted by Gasteiger charge is -2.15. The minimum atomic E-state index is 0.0248. The van der Waals surface area contributed by atoms with E-state index in [1.165, 1.54) is 5.01 Å². The second-order valence-electron chi connectivity index (χ2n) is 4.90. The summed E-state index contributed by atoms with van der Waals surface area (Å²) in [5.74, 6) is 0.732. The van der Waals surface area contributed by atoms with E-state index >= 15 is 0 Å². The van der Waals surface area contributed by atoms with Crippen molar-refractivity contribution < 1.29 is 9.59 Å². The number of allylic oxidation sites excluding steroid dienone is 6. The maximum atomic E-state index is 11.5. The number of nitrogens with zero attached hydrogens (tertiary/aromatic N) is 2. The van der Waals surface area contributed by atoms with E-state index in [-0.39, 0.29) is 5.91 Å². The molecule has 5 nitrogen and oxygen atoms in total. The third kappa shape index (κ3) is 4.78. The Kier molecular flexibility index (Phi) is 6.06. The van der Waals surface area contributed by atoms with Gasteiger partial charge in [0, 0.05) is 7.05 Å². The molecule has 0 saturated carbocycles. The SMILES string of the molecule is CN=C1CC(=O)N(c2ccccc2)N1.O=CC1=CC=CC=CC1. The summed E-state index contributed by atoms with van der Waals surface area (Å²) in [6.07, 6.45) is 11.5. The summed E-state index contributed by atoms with van der Waals surface area (Å²) in [7, 11) is 1.67. The second kappa shape index (κ2) is 8.48. The monoisotopic (exact) mass is 309 g/mol. The van der Waals surface area contributed by atoms with Gasteiger partial charge in [-0.1, -0.05) is 48.6 Å². The first-order chi connectivity index (χ1) is 11.2. The highest BCUT2D eigenvalue weighted by molar-refractivity contribution is 6.13. The molecule has 1 aliphatic carbocycles. The molecule has 0 atom stereocenters. The number of aldehydes is 1. The number of hydrazine groups is 1. The van der Waals surface area contributed by atoms with E-state index in [1.54, 1.807) is 7.05 Å². The van der Waals surface area contributed by atoms with Gasteiger partial charge in [-0.25, -0.2) is 5.01 Å². The zero-order valence-electron chi connectivity index (χ0n) is 13.0. The minimum Gasteiger partial charge on any atom is -0.298 e. The molecule has 1 fully saturated rings. The predicted octanol–water partition coefficient (Wildman–Crippen LogP) is 2.58. The van der Waals surface area contributed by atoms with Crippen LogP contribution < -0.4 is 10.4 Å². The molecule has 118 valence electrons. The van der Waals surface area contributed by atoms with Crippen molar-refractivity contribution in [1.29, 1.82) is 0 Å². The van der Waals surface area contributed by atoms with Crippen molar-refractivity contribution in [1.82, 2.24) is 5.43 Å². The second-order valence-corrected chi connectivity index (χ2v) is 4.90. The van der Waals surface area contributed by atoms with Crippen LogP contribution in [-0.4, -0.2) is 25.1 Å². The van der Waals surface area contributed by atoms with Crippen LogP contribution >= 0.6 is 0 Å². The summed E-state index contributed by atoms with van der Waals surface area (Å²) < 4.78 is 0. The van der Waals surface area contributed by atoms with Gasteiger partial charge in [0.05, 0.1) is 12.1 Å². The fourth-order valence-corrected chi connectivity index (χ4v) is 2.05. The Morgan fingerprint density at radius 1 is 1.17 bits per heavy atom. The lowest BCUT2D eigenvalue weighted by molar-refractivity contribution is -0.117. The van der Waals surface area contributed by atoms with E-state index in [1.807, 2.05) is 60.7 Å². The van der Waals surface area contributed by atoms with Gasteiger partial charge in [0.15, 0.2) is 0 Å². The van der Waals surface area contributed by atoms with Crippen LogP contribution in [0.3, 0.4) is 0 Å². The number of aliphatic imine (C=N–C) groups is 1. The number of amides is 1. The molecule has 0 radical (unpaired) electrons. The maximum absolute atomic E-state index is 11.5. The number of amidine groups is 1. The molecular formula is C18H19N3O2. The maximum Gasteiger partial charge on any atom is 0.253 e. The number of hydrogen-bond acceptors (Lipinski definition) is 3. The van der Waals surface area contributed by atoms with Crippen LogP contribution in [0, 0.1) is 0 Å². The molecule has 1 heterocycles. The van der Waals surface area contributed by atoms with Crippen molar-refractivity contribution in [3.8, 4) is 0 Å². The first-order valence-electron chi connectivity index (χ1n) is 7.32. The van der Waals surface area contributed by atoms with Gasteiger partial charge in [-0.3, -0.25) is 20.0 Å². The van der Waals surface area contributed by atoms with Crippen LogP contribution in [0.25, 0.3) is 0 Å². The largest absolute Gasteiger partial charge is 0.298 e.